The van der Waals surface area contributed by atoms with E-state index in [0.29, 0.717) is 6.54 Å². The molecule has 0 unspecified atom stereocenters. The van der Waals surface area contributed by atoms with Crippen molar-refractivity contribution in [2.45, 2.75) is 32.2 Å². The van der Waals surface area contributed by atoms with Crippen molar-refractivity contribution in [3.8, 4) is 0 Å². The van der Waals surface area contributed by atoms with Crippen molar-refractivity contribution in [1.82, 2.24) is 0 Å². The molecule has 0 heterocycles. The zero-order chi connectivity index (χ0) is 9.10. The number of nitroso groups, excluding NO2 is 1. The van der Waals surface area contributed by atoms with Crippen LogP contribution in [0.25, 0.3) is 0 Å². The molecule has 0 saturated carbocycles. The zero-order valence-electron chi connectivity index (χ0n) is 7.62. The Morgan fingerprint density at radius 3 is 2.69 bits per heavy atom. The quantitative estimate of drug-likeness (QED) is 0.635. The fourth-order valence-electron chi connectivity index (χ4n) is 1.96. The van der Waals surface area contributed by atoms with Crippen LogP contribution >= 0.6 is 0 Å². The van der Waals surface area contributed by atoms with Gasteiger partial charge >= 0.3 is 0 Å². The van der Waals surface area contributed by atoms with Gasteiger partial charge in [-0.05, 0) is 42.4 Å². The number of benzene rings is 1. The Morgan fingerprint density at radius 2 is 1.92 bits per heavy atom. The van der Waals surface area contributed by atoms with E-state index < -0.39 is 0 Å². The first-order chi connectivity index (χ1) is 6.40. The minimum atomic E-state index is 0.313. The van der Waals surface area contributed by atoms with Gasteiger partial charge in [-0.3, -0.25) is 0 Å². The Hall–Kier alpha value is -1.18. The first-order valence-electron chi connectivity index (χ1n) is 4.80. The first kappa shape index (κ1) is 8.42. The van der Waals surface area contributed by atoms with Crippen molar-refractivity contribution in [2.24, 2.45) is 5.18 Å². The van der Waals surface area contributed by atoms with E-state index in [2.05, 4.69) is 17.3 Å². The lowest BCUT2D eigenvalue weighted by Gasteiger charge is -2.15. The second-order valence-corrected chi connectivity index (χ2v) is 3.60. The maximum Gasteiger partial charge on any atom is 0.106 e. The third kappa shape index (κ3) is 1.77. The highest BCUT2D eigenvalue weighted by Crippen LogP contribution is 2.22. The Kier molecular flexibility index (Phi) is 2.39. The number of hydrogen-bond acceptors (Lipinski definition) is 2. The Labute approximate surface area is 77.9 Å². The third-order valence-corrected chi connectivity index (χ3v) is 2.66. The lowest BCUT2D eigenvalue weighted by Crippen LogP contribution is -2.02. The molecule has 13 heavy (non-hydrogen) atoms. The summed E-state index contributed by atoms with van der Waals surface area (Å²) in [6, 6.07) is 6.30. The molecule has 2 nitrogen and oxygen atoms in total. The fourth-order valence-corrected chi connectivity index (χ4v) is 1.96. The molecule has 0 aromatic heterocycles. The van der Waals surface area contributed by atoms with Gasteiger partial charge in [-0.25, -0.2) is 0 Å². The SMILES string of the molecule is O=NCc1ccc2c(c1)CCCC2. The van der Waals surface area contributed by atoms with E-state index in [1.165, 1.54) is 36.8 Å². The highest BCUT2D eigenvalue weighted by molar-refractivity contribution is 5.33. The van der Waals surface area contributed by atoms with Gasteiger partial charge in [0.2, 0.25) is 0 Å². The molecule has 0 fully saturated rings. The highest BCUT2D eigenvalue weighted by Gasteiger charge is 2.08. The smallest absolute Gasteiger partial charge is 0.106 e. The average molecular weight is 175 g/mol. The lowest BCUT2D eigenvalue weighted by molar-refractivity contribution is 0.684. The van der Waals surface area contributed by atoms with Crippen LogP contribution in [0, 0.1) is 4.91 Å². The van der Waals surface area contributed by atoms with Crippen LogP contribution in [0.4, 0.5) is 0 Å². The van der Waals surface area contributed by atoms with Crippen molar-refractivity contribution in [3.63, 3.8) is 0 Å². The summed E-state index contributed by atoms with van der Waals surface area (Å²) in [6.07, 6.45) is 4.95. The minimum absolute atomic E-state index is 0.313. The molecule has 0 saturated heterocycles. The van der Waals surface area contributed by atoms with Gasteiger partial charge in [0.1, 0.15) is 6.54 Å². The monoisotopic (exact) mass is 175 g/mol. The predicted octanol–water partition coefficient (Wildman–Crippen LogP) is 2.83. The zero-order valence-corrected chi connectivity index (χ0v) is 7.62. The van der Waals surface area contributed by atoms with Crippen molar-refractivity contribution < 1.29 is 0 Å². The number of fused-ring (bicyclic) bond motifs is 1. The Morgan fingerprint density at radius 1 is 1.15 bits per heavy atom. The molecule has 2 heteroatoms. The third-order valence-electron chi connectivity index (χ3n) is 2.66. The summed E-state index contributed by atoms with van der Waals surface area (Å²) in [4.78, 5) is 10.1. The summed E-state index contributed by atoms with van der Waals surface area (Å²) >= 11 is 0. The van der Waals surface area contributed by atoms with Crippen molar-refractivity contribution in [2.75, 3.05) is 0 Å². The van der Waals surface area contributed by atoms with Crippen LogP contribution in [0.5, 0.6) is 0 Å². The van der Waals surface area contributed by atoms with E-state index in [1.807, 2.05) is 6.07 Å². The van der Waals surface area contributed by atoms with Gasteiger partial charge in [0.15, 0.2) is 0 Å². The normalized spacial score (nSPS) is 15.1. The van der Waals surface area contributed by atoms with E-state index in [4.69, 9.17) is 0 Å². The molecule has 0 spiro atoms. The molecule has 0 N–H and O–H groups in total. The van der Waals surface area contributed by atoms with Crippen LogP contribution in [0.2, 0.25) is 0 Å². The average Bonchev–Trinajstić information content (AvgIpc) is 2.18. The Balaban J connectivity index is 2.29. The summed E-state index contributed by atoms with van der Waals surface area (Å²) < 4.78 is 0. The van der Waals surface area contributed by atoms with Crippen molar-refractivity contribution in [3.05, 3.63) is 39.8 Å². The second-order valence-electron chi connectivity index (χ2n) is 3.60. The molecular weight excluding hydrogens is 162 g/mol. The number of hydrogen-bond donors (Lipinski definition) is 0. The maximum absolute atomic E-state index is 10.1. The van der Waals surface area contributed by atoms with Crippen molar-refractivity contribution >= 4 is 0 Å². The van der Waals surface area contributed by atoms with Gasteiger partial charge in [0.25, 0.3) is 0 Å². The molecule has 0 radical (unpaired) electrons. The van der Waals surface area contributed by atoms with Gasteiger partial charge in [-0.2, -0.15) is 4.91 Å². The molecule has 68 valence electrons. The van der Waals surface area contributed by atoms with Gasteiger partial charge in [-0.15, -0.1) is 0 Å². The summed E-state index contributed by atoms with van der Waals surface area (Å²) in [5.74, 6) is 0. The molecule has 0 bridgehead atoms. The van der Waals surface area contributed by atoms with Gasteiger partial charge in [0.05, 0.1) is 0 Å². The molecule has 1 aliphatic carbocycles. The summed E-state index contributed by atoms with van der Waals surface area (Å²) in [5.41, 5.74) is 3.93. The van der Waals surface area contributed by atoms with E-state index >= 15 is 0 Å². The summed E-state index contributed by atoms with van der Waals surface area (Å²) in [6.45, 7) is 0.313. The van der Waals surface area contributed by atoms with Crippen LogP contribution in [0.3, 0.4) is 0 Å². The number of nitrogens with zero attached hydrogens (tertiary/aromatic N) is 1. The van der Waals surface area contributed by atoms with Gasteiger partial charge in [-0.1, -0.05) is 23.4 Å². The maximum atomic E-state index is 10.1. The molecule has 1 aromatic rings. The molecular formula is C11H13NO. The van der Waals surface area contributed by atoms with Crippen LogP contribution in [-0.4, -0.2) is 0 Å². The highest BCUT2D eigenvalue weighted by atomic mass is 16.3. The van der Waals surface area contributed by atoms with Gasteiger partial charge in [0, 0.05) is 0 Å². The number of aryl methyl sites for hydroxylation is 2. The molecule has 1 aromatic carbocycles. The largest absolute Gasteiger partial charge is 0.150 e. The van der Waals surface area contributed by atoms with Crippen LogP contribution in [-0.2, 0) is 19.4 Å². The summed E-state index contributed by atoms with van der Waals surface area (Å²) in [5, 5.41) is 2.90. The Bertz CT molecular complexity index is 320. The van der Waals surface area contributed by atoms with E-state index in [1.54, 1.807) is 0 Å². The second kappa shape index (κ2) is 3.69. The molecule has 0 amide bonds. The first-order valence-corrected chi connectivity index (χ1v) is 4.80. The van der Waals surface area contributed by atoms with E-state index in [0.717, 1.165) is 5.56 Å². The molecule has 2 rings (SSSR count). The topological polar surface area (TPSA) is 29.4 Å². The number of rotatable bonds is 2. The molecule has 1 aliphatic rings. The predicted molar refractivity (Wildman–Crippen MR) is 52.6 cm³/mol. The summed E-state index contributed by atoms with van der Waals surface area (Å²) in [7, 11) is 0. The van der Waals surface area contributed by atoms with E-state index in [-0.39, 0.29) is 0 Å². The van der Waals surface area contributed by atoms with Crippen LogP contribution < -0.4 is 0 Å². The van der Waals surface area contributed by atoms with Gasteiger partial charge < -0.3 is 0 Å². The molecule has 0 aliphatic heterocycles. The fraction of sp³-hybridized carbons (Fsp3) is 0.455. The molecule has 0 atom stereocenters. The van der Waals surface area contributed by atoms with E-state index in [9.17, 15) is 4.91 Å². The van der Waals surface area contributed by atoms with Crippen LogP contribution in [0.15, 0.2) is 23.4 Å². The minimum Gasteiger partial charge on any atom is -0.150 e. The standard InChI is InChI=1S/C11H13NO/c13-12-8-9-5-6-10-3-1-2-4-11(10)7-9/h5-7H,1-4,8H2. The lowest BCUT2D eigenvalue weighted by atomic mass is 9.90. The van der Waals surface area contributed by atoms with Crippen molar-refractivity contribution in [1.29, 1.82) is 0 Å². The van der Waals surface area contributed by atoms with Crippen LogP contribution in [0.1, 0.15) is 29.5 Å².